The minimum atomic E-state index is -1.97. The second-order valence-corrected chi connectivity index (χ2v) is 13.8. The summed E-state index contributed by atoms with van der Waals surface area (Å²) < 4.78 is 27.6. The maximum atomic E-state index is 7.41. The summed E-state index contributed by atoms with van der Waals surface area (Å²) in [5.74, 6) is 0.619. The topological polar surface area (TPSA) is 57.1 Å². The summed E-state index contributed by atoms with van der Waals surface area (Å²) in [6.07, 6.45) is 1.14. The van der Waals surface area contributed by atoms with E-state index < -0.39 is 13.8 Å². The molecule has 0 aliphatic carbocycles. The van der Waals surface area contributed by atoms with Crippen molar-refractivity contribution in [2.75, 3.05) is 6.61 Å². The van der Waals surface area contributed by atoms with Gasteiger partial charge >= 0.3 is 8.24 Å². The molecule has 8 aromatic rings. The Bertz CT molecular complexity index is 2390. The van der Waals surface area contributed by atoms with Gasteiger partial charge in [-0.1, -0.05) is 140 Å². The van der Waals surface area contributed by atoms with Crippen molar-refractivity contribution in [3.8, 4) is 0 Å². The second kappa shape index (κ2) is 13.0. The molecule has 1 atom stereocenters. The van der Waals surface area contributed by atoms with Crippen LogP contribution >= 0.6 is 8.24 Å². The van der Waals surface area contributed by atoms with Crippen LogP contribution in [0.5, 0.6) is 0 Å². The smallest absolute Gasteiger partial charge is 0.388 e. The molecule has 7 aromatic carbocycles. The van der Waals surface area contributed by atoms with Gasteiger partial charge in [0, 0.05) is 29.2 Å². The van der Waals surface area contributed by atoms with Crippen molar-refractivity contribution in [3.05, 3.63) is 180 Å². The maximum absolute atomic E-state index is 7.41. The predicted octanol–water partition coefficient (Wildman–Crippen LogP) is 11.1. The van der Waals surface area contributed by atoms with E-state index in [2.05, 4.69) is 121 Å². The largest absolute Gasteiger partial charge is 0.475 e. The molecule has 0 saturated carbocycles. The average molecular weight is 672 g/mol. The molecule has 0 saturated heterocycles. The van der Waals surface area contributed by atoms with Gasteiger partial charge in [0.2, 0.25) is 5.90 Å². The molecule has 0 spiro atoms. The molecule has 0 radical (unpaired) electrons. The zero-order valence-corrected chi connectivity index (χ0v) is 28.2. The van der Waals surface area contributed by atoms with E-state index in [4.69, 9.17) is 22.6 Å². The number of ether oxygens (including phenoxy) is 1. The van der Waals surface area contributed by atoms with Crippen molar-refractivity contribution in [2.24, 2.45) is 4.99 Å². The first kappa shape index (κ1) is 30.4. The predicted molar refractivity (Wildman–Crippen MR) is 204 cm³/mol. The minimum absolute atomic E-state index is 0.344. The van der Waals surface area contributed by atoms with Crippen molar-refractivity contribution in [1.29, 1.82) is 0 Å². The number of hydrogen-bond donors (Lipinski definition) is 0. The van der Waals surface area contributed by atoms with E-state index in [0.29, 0.717) is 25.3 Å². The molecule has 2 heterocycles. The standard InChI is InChI=1S/C44H34NO4P/c1-4-14-31(15-5-1)28-44(29-32-16-6-2-7-17-32,40-30-46-43(45-40)35-20-8-3-9-21-35)49-50-47-38-26-24-33-18-10-12-22-36(33)41(38)42-37-23-13-11-19-34(37)25-27-39(42)48-50/h1-27,40H,28-30H2/t40-/m0/s1. The molecule has 1 aliphatic heterocycles. The number of aliphatic imine (C=N–C) groups is 1. The fourth-order valence-electron chi connectivity index (χ4n) is 7.22. The van der Waals surface area contributed by atoms with Crippen LogP contribution in [0.15, 0.2) is 177 Å². The van der Waals surface area contributed by atoms with E-state index in [9.17, 15) is 0 Å². The highest BCUT2D eigenvalue weighted by atomic mass is 31.1. The Morgan fingerprint density at radius 1 is 0.560 bits per heavy atom. The van der Waals surface area contributed by atoms with Gasteiger partial charge in [-0.25, -0.2) is 4.99 Å². The number of rotatable bonds is 8. The lowest BCUT2D eigenvalue weighted by atomic mass is 9.82. The lowest BCUT2D eigenvalue weighted by Gasteiger charge is -2.35. The van der Waals surface area contributed by atoms with Gasteiger partial charge in [0.05, 0.1) is 0 Å². The summed E-state index contributed by atoms with van der Waals surface area (Å²) in [5.41, 5.74) is 3.79. The van der Waals surface area contributed by atoms with E-state index in [1.54, 1.807) is 0 Å². The molecule has 0 bridgehead atoms. The van der Waals surface area contributed by atoms with Gasteiger partial charge in [-0.05, 0) is 56.9 Å². The van der Waals surface area contributed by atoms with E-state index in [1.165, 1.54) is 0 Å². The fraction of sp³-hybridized carbons (Fsp3) is 0.114. The van der Waals surface area contributed by atoms with Gasteiger partial charge in [-0.2, -0.15) is 0 Å². The van der Waals surface area contributed by atoms with E-state index in [-0.39, 0.29) is 6.04 Å². The van der Waals surface area contributed by atoms with Gasteiger partial charge in [-0.15, -0.1) is 0 Å². The molecular weight excluding hydrogens is 637 g/mol. The third-order valence-electron chi connectivity index (χ3n) is 9.61. The Kier molecular flexibility index (Phi) is 7.93. The fourth-order valence-corrected chi connectivity index (χ4v) is 8.51. The Balaban J connectivity index is 1.30. The van der Waals surface area contributed by atoms with Crippen LogP contribution in [0.3, 0.4) is 0 Å². The Labute approximate surface area is 291 Å². The van der Waals surface area contributed by atoms with Crippen LogP contribution in [0.2, 0.25) is 0 Å². The normalized spacial score (nSPS) is 14.6. The highest BCUT2D eigenvalue weighted by molar-refractivity contribution is 7.31. The van der Waals surface area contributed by atoms with Gasteiger partial charge in [-0.3, -0.25) is 4.52 Å². The minimum Gasteiger partial charge on any atom is -0.475 e. The second-order valence-electron chi connectivity index (χ2n) is 12.8. The maximum Gasteiger partial charge on any atom is 0.388 e. The molecule has 9 rings (SSSR count). The first-order valence-corrected chi connectivity index (χ1v) is 18.0. The van der Waals surface area contributed by atoms with Crippen LogP contribution < -0.4 is 4.52 Å². The van der Waals surface area contributed by atoms with E-state index in [0.717, 1.165) is 60.2 Å². The van der Waals surface area contributed by atoms with Crippen molar-refractivity contribution in [2.45, 2.75) is 24.5 Å². The molecule has 0 unspecified atom stereocenters. The quantitative estimate of drug-likeness (QED) is 0.161. The first-order valence-electron chi connectivity index (χ1n) is 17.0. The summed E-state index contributed by atoms with van der Waals surface area (Å²) in [7, 11) is -1.97. The Hall–Kier alpha value is -5.61. The van der Waals surface area contributed by atoms with Crippen LogP contribution in [0.1, 0.15) is 16.7 Å². The summed E-state index contributed by atoms with van der Waals surface area (Å²) >= 11 is 0. The SMILES string of the molecule is c1ccc(CC(Cc2ccccc2)(Op2oc3ccc4ccccc4c3c3c(ccc4ccccc43)o2)[C@@H]2COC(c3ccccc3)=N2)cc1. The number of benzene rings is 7. The lowest BCUT2D eigenvalue weighted by Crippen LogP contribution is -2.51. The molecule has 50 heavy (non-hydrogen) atoms. The highest BCUT2D eigenvalue weighted by Gasteiger charge is 2.46. The molecule has 0 amide bonds. The zero-order valence-electron chi connectivity index (χ0n) is 27.3. The summed E-state index contributed by atoms with van der Waals surface area (Å²) in [4.78, 5) is 5.25. The lowest BCUT2D eigenvalue weighted by molar-refractivity contribution is 0.0715. The average Bonchev–Trinajstić information content (AvgIpc) is 3.61. The molecule has 6 heteroatoms. The summed E-state index contributed by atoms with van der Waals surface area (Å²) in [6, 6.07) is 55.9. The Morgan fingerprint density at radius 3 is 1.58 bits per heavy atom. The molecule has 0 N–H and O–H groups in total. The van der Waals surface area contributed by atoms with Gasteiger partial charge in [0.25, 0.3) is 0 Å². The van der Waals surface area contributed by atoms with Gasteiger partial charge in [0.15, 0.2) is 0 Å². The van der Waals surface area contributed by atoms with Crippen molar-refractivity contribution in [1.82, 2.24) is 0 Å². The van der Waals surface area contributed by atoms with Crippen LogP contribution in [0.25, 0.3) is 43.5 Å². The van der Waals surface area contributed by atoms with Crippen LogP contribution in [-0.4, -0.2) is 24.1 Å². The van der Waals surface area contributed by atoms with Crippen molar-refractivity contribution < 1.29 is 17.7 Å². The third-order valence-corrected chi connectivity index (χ3v) is 10.8. The first-order chi connectivity index (χ1) is 24.7. The van der Waals surface area contributed by atoms with E-state index >= 15 is 0 Å². The molecule has 1 aromatic heterocycles. The van der Waals surface area contributed by atoms with Crippen molar-refractivity contribution in [3.63, 3.8) is 0 Å². The molecule has 0 fully saturated rings. The highest BCUT2D eigenvalue weighted by Crippen LogP contribution is 2.44. The number of nitrogens with zero attached hydrogens (tertiary/aromatic N) is 1. The Morgan fingerprint density at radius 2 is 1.04 bits per heavy atom. The van der Waals surface area contributed by atoms with Crippen LogP contribution in [0.4, 0.5) is 0 Å². The summed E-state index contributed by atoms with van der Waals surface area (Å²) in [6.45, 7) is 0.371. The van der Waals surface area contributed by atoms with E-state index in [1.807, 2.05) is 42.5 Å². The molecule has 244 valence electrons. The van der Waals surface area contributed by atoms with Crippen LogP contribution in [-0.2, 0) is 17.6 Å². The van der Waals surface area contributed by atoms with Gasteiger partial charge < -0.3 is 13.1 Å². The monoisotopic (exact) mass is 671 g/mol. The van der Waals surface area contributed by atoms with Gasteiger partial charge in [0.1, 0.15) is 29.4 Å². The molecule has 1 aliphatic rings. The third kappa shape index (κ3) is 5.75. The van der Waals surface area contributed by atoms with Crippen LogP contribution in [0, 0.1) is 0 Å². The molecular formula is C44H34NO4P. The number of fused-ring (bicyclic) bond motifs is 7. The number of hydrogen-bond acceptors (Lipinski definition) is 5. The summed E-state index contributed by atoms with van der Waals surface area (Å²) in [5, 5.41) is 6.49. The van der Waals surface area contributed by atoms with Crippen molar-refractivity contribution >= 4 is 57.6 Å². The molecule has 5 nitrogen and oxygen atoms in total. The zero-order chi connectivity index (χ0) is 33.3.